The van der Waals surface area contributed by atoms with E-state index in [0.717, 1.165) is 73.8 Å². The van der Waals surface area contributed by atoms with Crippen molar-refractivity contribution in [2.75, 3.05) is 31.1 Å². The number of piperidine rings is 1. The van der Waals surface area contributed by atoms with Gasteiger partial charge in [-0.25, -0.2) is 4.98 Å². The molecule has 1 N–H and O–H groups in total. The van der Waals surface area contributed by atoms with Crippen molar-refractivity contribution in [2.24, 2.45) is 11.3 Å². The highest BCUT2D eigenvalue weighted by atomic mass is 16.5. The Bertz CT molecular complexity index is 1370. The number of nitrogens with one attached hydrogen (secondary N) is 1. The summed E-state index contributed by atoms with van der Waals surface area (Å²) < 4.78 is 11.9. The molecular formula is C32H37N3O3. The zero-order valence-electron chi connectivity index (χ0n) is 22.7. The molecule has 6 heteroatoms. The van der Waals surface area contributed by atoms with Crippen LogP contribution in [0, 0.1) is 25.2 Å². The first kappa shape index (κ1) is 24.9. The van der Waals surface area contributed by atoms with Crippen molar-refractivity contribution in [2.45, 2.75) is 53.2 Å². The minimum atomic E-state index is -0.257. The third-order valence-electron chi connectivity index (χ3n) is 8.61. The van der Waals surface area contributed by atoms with Gasteiger partial charge >= 0.3 is 5.97 Å². The maximum atomic E-state index is 12.5. The van der Waals surface area contributed by atoms with Gasteiger partial charge in [-0.1, -0.05) is 30.3 Å². The van der Waals surface area contributed by atoms with E-state index in [1.807, 2.05) is 6.92 Å². The van der Waals surface area contributed by atoms with Crippen molar-refractivity contribution in [1.82, 2.24) is 10.3 Å². The second-order valence-corrected chi connectivity index (χ2v) is 11.1. The van der Waals surface area contributed by atoms with Crippen LogP contribution >= 0.6 is 0 Å². The largest absolute Gasteiger partial charge is 0.488 e. The normalized spacial score (nSPS) is 21.9. The smallest absolute Gasteiger partial charge is 0.312 e. The first-order valence-corrected chi connectivity index (χ1v) is 13.9. The van der Waals surface area contributed by atoms with Crippen LogP contribution in [0.25, 0.3) is 11.3 Å². The van der Waals surface area contributed by atoms with E-state index in [4.69, 9.17) is 14.5 Å². The molecule has 0 radical (unpaired) electrons. The van der Waals surface area contributed by atoms with E-state index in [1.165, 1.54) is 22.3 Å². The number of hydrogen-bond acceptors (Lipinski definition) is 6. The summed E-state index contributed by atoms with van der Waals surface area (Å²) in [5, 5.41) is 3.47. The van der Waals surface area contributed by atoms with E-state index < -0.39 is 0 Å². The Labute approximate surface area is 225 Å². The highest BCUT2D eigenvalue weighted by Gasteiger charge is 2.63. The van der Waals surface area contributed by atoms with Crippen LogP contribution in [-0.4, -0.2) is 37.2 Å². The highest BCUT2D eigenvalue weighted by Crippen LogP contribution is 2.59. The number of para-hydroxylation sites is 1. The van der Waals surface area contributed by atoms with Crippen molar-refractivity contribution in [3.05, 3.63) is 76.3 Å². The van der Waals surface area contributed by atoms with Crippen LogP contribution < -0.4 is 15.0 Å². The number of esters is 1. The molecule has 2 fully saturated rings. The number of fused-ring (bicyclic) bond motifs is 2. The van der Waals surface area contributed by atoms with Gasteiger partial charge in [0.2, 0.25) is 0 Å². The molecule has 6 nitrogen and oxygen atoms in total. The van der Waals surface area contributed by atoms with Gasteiger partial charge in [-0.15, -0.1) is 0 Å². The Hall–Kier alpha value is -3.38. The summed E-state index contributed by atoms with van der Waals surface area (Å²) in [5.41, 5.74) is 8.17. The summed E-state index contributed by atoms with van der Waals surface area (Å²) in [6.45, 7) is 10.8. The van der Waals surface area contributed by atoms with Crippen molar-refractivity contribution in [3.63, 3.8) is 0 Å². The molecule has 2 aromatic carbocycles. The fourth-order valence-electron chi connectivity index (χ4n) is 6.37. The summed E-state index contributed by atoms with van der Waals surface area (Å²) in [7, 11) is 0. The average Bonchev–Trinajstić information content (AvgIpc) is 3.68. The maximum absolute atomic E-state index is 12.5. The Morgan fingerprint density at radius 3 is 2.87 bits per heavy atom. The number of aryl methyl sites for hydroxylation is 2. The molecule has 0 bridgehead atoms. The lowest BCUT2D eigenvalue weighted by atomic mass is 9.94. The summed E-state index contributed by atoms with van der Waals surface area (Å²) in [4.78, 5) is 19.9. The van der Waals surface area contributed by atoms with Crippen LogP contribution in [0.3, 0.4) is 0 Å². The monoisotopic (exact) mass is 511 g/mol. The third-order valence-corrected chi connectivity index (χ3v) is 8.61. The third kappa shape index (κ3) is 4.55. The molecule has 1 saturated heterocycles. The molecular weight excluding hydrogens is 474 g/mol. The van der Waals surface area contributed by atoms with Gasteiger partial charge < -0.3 is 19.7 Å². The predicted molar refractivity (Wildman–Crippen MR) is 149 cm³/mol. The molecule has 6 rings (SSSR count). The number of nitrogens with zero attached hydrogens (tertiary/aromatic N) is 2. The SMILES string of the molecule is CCOC(=O)[C@@]12CCN(c3cccc(-c4cccc(C)c4OCc4cc(C)c5c(c4)CCNC5)n3)C[C@@H]1C2. The first-order chi connectivity index (χ1) is 18.5. The molecule has 3 aromatic rings. The zero-order chi connectivity index (χ0) is 26.3. The van der Waals surface area contributed by atoms with Crippen LogP contribution in [-0.2, 0) is 29.1 Å². The van der Waals surface area contributed by atoms with Crippen molar-refractivity contribution in [3.8, 4) is 17.0 Å². The Morgan fingerprint density at radius 1 is 1.16 bits per heavy atom. The molecule has 1 saturated carbocycles. The van der Waals surface area contributed by atoms with Crippen LogP contribution in [0.4, 0.5) is 5.82 Å². The molecule has 38 heavy (non-hydrogen) atoms. The Balaban J connectivity index is 1.21. The van der Waals surface area contributed by atoms with Gasteiger partial charge in [0.15, 0.2) is 0 Å². The minimum Gasteiger partial charge on any atom is -0.488 e. The Morgan fingerprint density at radius 2 is 2.03 bits per heavy atom. The lowest BCUT2D eigenvalue weighted by Gasteiger charge is -2.31. The number of carbonyl (C=O) groups is 1. The molecule has 1 aromatic heterocycles. The minimum absolute atomic E-state index is 0.0151. The maximum Gasteiger partial charge on any atom is 0.312 e. The van der Waals surface area contributed by atoms with Gasteiger partial charge in [0.25, 0.3) is 0 Å². The van der Waals surface area contributed by atoms with Crippen molar-refractivity contribution >= 4 is 11.8 Å². The summed E-state index contributed by atoms with van der Waals surface area (Å²) in [6, 6.07) is 17.0. The van der Waals surface area contributed by atoms with E-state index in [1.54, 1.807) is 0 Å². The number of rotatable bonds is 7. The second-order valence-electron chi connectivity index (χ2n) is 11.1. The average molecular weight is 512 g/mol. The van der Waals surface area contributed by atoms with E-state index in [-0.39, 0.29) is 11.4 Å². The lowest BCUT2D eigenvalue weighted by Crippen LogP contribution is -2.38. The number of hydrogen-bond donors (Lipinski definition) is 1. The van der Waals surface area contributed by atoms with E-state index >= 15 is 0 Å². The fourth-order valence-corrected chi connectivity index (χ4v) is 6.37. The molecule has 0 unspecified atom stereocenters. The number of aromatic nitrogens is 1. The summed E-state index contributed by atoms with van der Waals surface area (Å²) in [5.74, 6) is 2.18. The fraction of sp³-hybridized carbons (Fsp3) is 0.438. The number of pyridine rings is 1. The standard InChI is InChI=1S/C32H37N3O3/c1-4-37-31(36)32-12-14-35(19-25(32)17-32)29-10-6-9-28(34-29)26-8-5-7-21(2)30(26)38-20-23-15-22(3)27-18-33-13-11-24(27)16-23/h5-10,15-16,25,33H,4,11-14,17-20H2,1-3H3/t25-,32+/m0/s1. The molecule has 0 spiro atoms. The van der Waals surface area contributed by atoms with Crippen LogP contribution in [0.1, 0.15) is 47.6 Å². The topological polar surface area (TPSA) is 63.7 Å². The van der Waals surface area contributed by atoms with Crippen molar-refractivity contribution < 1.29 is 14.3 Å². The van der Waals surface area contributed by atoms with Gasteiger partial charge in [0.1, 0.15) is 18.2 Å². The van der Waals surface area contributed by atoms with Gasteiger partial charge in [-0.2, -0.15) is 0 Å². The lowest BCUT2D eigenvalue weighted by molar-refractivity contribution is -0.150. The van der Waals surface area contributed by atoms with Gasteiger partial charge in [-0.3, -0.25) is 4.79 Å². The van der Waals surface area contributed by atoms with Crippen LogP contribution in [0.15, 0.2) is 48.5 Å². The number of benzene rings is 2. The van der Waals surface area contributed by atoms with E-state index in [0.29, 0.717) is 19.1 Å². The van der Waals surface area contributed by atoms with Gasteiger partial charge in [-0.05, 0) is 98.5 Å². The number of anilines is 1. The molecule has 198 valence electrons. The van der Waals surface area contributed by atoms with Crippen LogP contribution in [0.5, 0.6) is 5.75 Å². The predicted octanol–water partition coefficient (Wildman–Crippen LogP) is 5.37. The molecule has 3 heterocycles. The van der Waals surface area contributed by atoms with Gasteiger partial charge in [0.05, 0.1) is 17.7 Å². The summed E-state index contributed by atoms with van der Waals surface area (Å²) >= 11 is 0. The van der Waals surface area contributed by atoms with E-state index in [2.05, 4.69) is 72.6 Å². The molecule has 3 aliphatic rings. The van der Waals surface area contributed by atoms with E-state index in [9.17, 15) is 4.79 Å². The molecule has 0 amide bonds. The second kappa shape index (κ2) is 10.1. The Kier molecular flexibility index (Phi) is 6.60. The van der Waals surface area contributed by atoms with Gasteiger partial charge in [0, 0.05) is 25.2 Å². The first-order valence-electron chi connectivity index (χ1n) is 13.9. The summed E-state index contributed by atoms with van der Waals surface area (Å²) in [6.07, 6.45) is 2.82. The molecule has 2 aliphatic heterocycles. The zero-order valence-corrected chi connectivity index (χ0v) is 22.7. The molecule has 2 atom stereocenters. The highest BCUT2D eigenvalue weighted by molar-refractivity contribution is 5.81. The number of carbonyl (C=O) groups excluding carboxylic acids is 1. The van der Waals surface area contributed by atoms with Crippen LogP contribution in [0.2, 0.25) is 0 Å². The quantitative estimate of drug-likeness (QED) is 0.431. The molecule has 1 aliphatic carbocycles. The number of ether oxygens (including phenoxy) is 2. The van der Waals surface area contributed by atoms with Crippen molar-refractivity contribution in [1.29, 1.82) is 0 Å².